The first kappa shape index (κ1) is 17.7. The quantitative estimate of drug-likeness (QED) is 0.451. The Morgan fingerprint density at radius 3 is 2.59 bits per heavy atom. The van der Waals surface area contributed by atoms with Crippen molar-refractivity contribution < 1.29 is 20.1 Å². The van der Waals surface area contributed by atoms with E-state index in [4.69, 9.17) is 10.5 Å². The average molecular weight is 373 g/mol. The highest BCUT2D eigenvalue weighted by atomic mass is 16.6. The highest BCUT2D eigenvalue weighted by Gasteiger charge is 2.44. The lowest BCUT2D eigenvalue weighted by Crippen LogP contribution is -2.33. The molecule has 0 amide bonds. The van der Waals surface area contributed by atoms with Gasteiger partial charge in [-0.25, -0.2) is 15.0 Å². The number of rotatable bonds is 3. The molecule has 0 aliphatic carbocycles. The predicted octanol–water partition coefficient (Wildman–Crippen LogP) is -0.906. The summed E-state index contributed by atoms with van der Waals surface area (Å²) in [6.45, 7) is 3.19. The number of anilines is 1. The summed E-state index contributed by atoms with van der Waals surface area (Å²) in [6, 6.07) is 0. The van der Waals surface area contributed by atoms with Crippen molar-refractivity contribution in [2.24, 2.45) is 0 Å². The third kappa shape index (κ3) is 2.72. The number of aliphatic hydroxyl groups excluding tert-OH is 3. The molecule has 3 aromatic rings. The van der Waals surface area contributed by atoms with Gasteiger partial charge in [-0.1, -0.05) is 0 Å². The molecule has 4 heterocycles. The molecule has 1 saturated heterocycles. The summed E-state index contributed by atoms with van der Waals surface area (Å²) < 4.78 is 7.15. The molecule has 142 valence electrons. The smallest absolute Gasteiger partial charge is 0.184 e. The number of aliphatic hydroxyl groups is 3. The Balaban J connectivity index is 1.91. The zero-order valence-corrected chi connectivity index (χ0v) is 14.7. The Morgan fingerprint density at radius 1 is 1.15 bits per heavy atom. The van der Waals surface area contributed by atoms with Crippen LogP contribution in [0, 0.1) is 13.8 Å². The molecule has 4 atom stereocenters. The standard InChI is InChI=1S/C16H19N7O4/c1-6-7(2)21-22-14(20-6)8-3-23(15-10(8)13(17)18-5-19-15)16-12(26)11(25)9(4-24)27-16/h3,5,9,11-12,16,24-26H,4H2,1-2H3,(H2,17,18,19)/t9-,11+,12+,16-/m0/s1. The van der Waals surface area contributed by atoms with Crippen molar-refractivity contribution in [3.63, 3.8) is 0 Å². The first-order valence-corrected chi connectivity index (χ1v) is 8.34. The van der Waals surface area contributed by atoms with Crippen LogP contribution in [0.3, 0.4) is 0 Å². The van der Waals surface area contributed by atoms with Crippen LogP contribution in [-0.4, -0.2) is 70.0 Å². The highest BCUT2D eigenvalue weighted by molar-refractivity contribution is 5.99. The Labute approximate surface area is 153 Å². The van der Waals surface area contributed by atoms with Gasteiger partial charge in [-0.05, 0) is 13.8 Å². The third-order valence-corrected chi connectivity index (χ3v) is 4.76. The van der Waals surface area contributed by atoms with Crippen LogP contribution >= 0.6 is 0 Å². The van der Waals surface area contributed by atoms with Gasteiger partial charge in [-0.3, -0.25) is 0 Å². The summed E-state index contributed by atoms with van der Waals surface area (Å²) in [6.07, 6.45) is -1.47. The fourth-order valence-corrected chi connectivity index (χ4v) is 3.15. The highest BCUT2D eigenvalue weighted by Crippen LogP contribution is 2.37. The van der Waals surface area contributed by atoms with Crippen molar-refractivity contribution in [1.29, 1.82) is 0 Å². The minimum atomic E-state index is -1.26. The molecule has 0 unspecified atom stereocenters. The summed E-state index contributed by atoms with van der Waals surface area (Å²) in [5, 5.41) is 38.5. The van der Waals surface area contributed by atoms with Gasteiger partial charge in [-0.15, -0.1) is 5.10 Å². The Hall–Kier alpha value is -2.73. The minimum Gasteiger partial charge on any atom is -0.394 e. The van der Waals surface area contributed by atoms with E-state index in [2.05, 4.69) is 25.1 Å². The summed E-state index contributed by atoms with van der Waals surface area (Å²) in [4.78, 5) is 12.7. The van der Waals surface area contributed by atoms with Crippen molar-refractivity contribution in [3.8, 4) is 11.4 Å². The van der Waals surface area contributed by atoms with E-state index in [1.54, 1.807) is 13.1 Å². The number of nitrogens with two attached hydrogens (primary N) is 1. The first-order valence-electron chi connectivity index (χ1n) is 8.34. The second kappa shape index (κ2) is 6.46. The van der Waals surface area contributed by atoms with Crippen LogP contribution < -0.4 is 5.73 Å². The fraction of sp³-hybridized carbons (Fsp3) is 0.438. The molecule has 5 N–H and O–H groups in total. The monoisotopic (exact) mass is 373 g/mol. The van der Waals surface area contributed by atoms with Crippen LogP contribution in [0.2, 0.25) is 0 Å². The van der Waals surface area contributed by atoms with Crippen LogP contribution in [0.5, 0.6) is 0 Å². The van der Waals surface area contributed by atoms with E-state index < -0.39 is 31.1 Å². The van der Waals surface area contributed by atoms with Gasteiger partial charge in [0.2, 0.25) is 0 Å². The van der Waals surface area contributed by atoms with E-state index >= 15 is 0 Å². The summed E-state index contributed by atoms with van der Waals surface area (Å²) in [5.74, 6) is 0.539. The molecule has 1 aliphatic heterocycles. The maximum Gasteiger partial charge on any atom is 0.184 e. The van der Waals surface area contributed by atoms with Gasteiger partial charge in [0.05, 0.1) is 28.9 Å². The van der Waals surface area contributed by atoms with Crippen molar-refractivity contribution >= 4 is 16.9 Å². The average Bonchev–Trinajstić information content (AvgIpc) is 3.17. The summed E-state index contributed by atoms with van der Waals surface area (Å²) in [7, 11) is 0. The van der Waals surface area contributed by atoms with Gasteiger partial charge in [0.1, 0.15) is 36.1 Å². The van der Waals surface area contributed by atoms with Crippen LogP contribution in [0.15, 0.2) is 12.5 Å². The molecule has 27 heavy (non-hydrogen) atoms. The van der Waals surface area contributed by atoms with E-state index in [-0.39, 0.29) is 5.82 Å². The molecule has 11 heteroatoms. The van der Waals surface area contributed by atoms with Gasteiger partial charge >= 0.3 is 0 Å². The van der Waals surface area contributed by atoms with Gasteiger partial charge in [0.25, 0.3) is 0 Å². The fourth-order valence-electron chi connectivity index (χ4n) is 3.15. The lowest BCUT2D eigenvalue weighted by Gasteiger charge is -2.17. The van der Waals surface area contributed by atoms with Crippen LogP contribution in [0.25, 0.3) is 22.4 Å². The molecular formula is C16H19N7O4. The maximum absolute atomic E-state index is 10.4. The molecule has 4 rings (SSSR count). The number of hydrogen-bond donors (Lipinski definition) is 4. The molecule has 0 spiro atoms. The van der Waals surface area contributed by atoms with E-state index in [0.717, 1.165) is 0 Å². The third-order valence-electron chi connectivity index (χ3n) is 4.76. The minimum absolute atomic E-state index is 0.210. The molecule has 3 aromatic heterocycles. The lowest BCUT2D eigenvalue weighted by atomic mass is 10.1. The topological polar surface area (TPSA) is 165 Å². The van der Waals surface area contributed by atoms with E-state index in [0.29, 0.717) is 33.8 Å². The summed E-state index contributed by atoms with van der Waals surface area (Å²) >= 11 is 0. The van der Waals surface area contributed by atoms with Gasteiger partial charge in [0.15, 0.2) is 12.1 Å². The molecule has 1 fully saturated rings. The van der Waals surface area contributed by atoms with E-state index in [1.807, 2.05) is 6.92 Å². The number of ether oxygens (including phenoxy) is 1. The maximum atomic E-state index is 10.4. The van der Waals surface area contributed by atoms with Crippen LogP contribution in [-0.2, 0) is 4.74 Å². The zero-order valence-electron chi connectivity index (χ0n) is 14.7. The van der Waals surface area contributed by atoms with Crippen molar-refractivity contribution in [2.75, 3.05) is 12.3 Å². The van der Waals surface area contributed by atoms with Gasteiger partial charge in [-0.2, -0.15) is 5.10 Å². The molecule has 11 nitrogen and oxygen atoms in total. The number of aryl methyl sites for hydroxylation is 2. The Bertz CT molecular complexity index is 1010. The predicted molar refractivity (Wildman–Crippen MR) is 93.2 cm³/mol. The largest absolute Gasteiger partial charge is 0.394 e. The van der Waals surface area contributed by atoms with Crippen LogP contribution in [0.4, 0.5) is 5.82 Å². The normalized spacial score (nSPS) is 25.4. The number of aromatic nitrogens is 6. The Morgan fingerprint density at radius 2 is 1.93 bits per heavy atom. The molecule has 0 saturated carbocycles. The molecule has 0 radical (unpaired) electrons. The number of hydrogen-bond acceptors (Lipinski definition) is 10. The number of nitrogens with zero attached hydrogens (tertiary/aromatic N) is 6. The van der Waals surface area contributed by atoms with Crippen molar-refractivity contribution in [1.82, 2.24) is 29.7 Å². The number of nitrogen functional groups attached to an aromatic ring is 1. The van der Waals surface area contributed by atoms with E-state index in [9.17, 15) is 15.3 Å². The summed E-state index contributed by atoms with van der Waals surface area (Å²) in [5.41, 5.74) is 8.38. The second-order valence-corrected chi connectivity index (χ2v) is 6.44. The number of fused-ring (bicyclic) bond motifs is 1. The molecule has 1 aliphatic rings. The SMILES string of the molecule is Cc1nnc(-c2cn([C@H]3O[C@@H](CO)[C@@H](O)[C@H]3O)c3ncnc(N)c23)nc1C. The van der Waals surface area contributed by atoms with E-state index in [1.165, 1.54) is 10.9 Å². The molecule has 0 aromatic carbocycles. The van der Waals surface area contributed by atoms with Gasteiger partial charge in [0, 0.05) is 6.20 Å². The van der Waals surface area contributed by atoms with Crippen molar-refractivity contribution in [3.05, 3.63) is 23.9 Å². The Kier molecular flexibility index (Phi) is 4.23. The molecular weight excluding hydrogens is 354 g/mol. The molecule has 0 bridgehead atoms. The lowest BCUT2D eigenvalue weighted by molar-refractivity contribution is -0.0508. The first-order chi connectivity index (χ1) is 12.9. The van der Waals surface area contributed by atoms with Crippen LogP contribution in [0.1, 0.15) is 17.6 Å². The van der Waals surface area contributed by atoms with Gasteiger partial charge < -0.3 is 30.4 Å². The second-order valence-electron chi connectivity index (χ2n) is 6.44. The van der Waals surface area contributed by atoms with Crippen molar-refractivity contribution in [2.45, 2.75) is 38.4 Å². The zero-order chi connectivity index (χ0) is 19.3.